The Labute approximate surface area is 220 Å². The standard InChI is InChI=1S/C27H24F5N5O2/c1-3-21(38)37-8-4-5-14(12-37)9-20-22(27(33)36-13-35-20)25(34-2)16-7-6-15(10-17(16)28)39-26-23(31)18(29)11-19(30)24(26)32/h3,6-7,10-11,13-14H,1,4-5,8-9,12H2,2H3,(H2,33,35,36). The SMILES string of the molecule is C=CC(=O)N1CCCC(Cc2ncnc(N)c2C(=NC)c2ccc(Oc3c(F)c(F)cc(F)c3F)cc2F)C1. The first-order valence-corrected chi connectivity index (χ1v) is 11.9. The number of nitrogen functional groups attached to an aromatic ring is 1. The number of nitrogens with zero attached hydrogens (tertiary/aromatic N) is 4. The molecule has 2 heterocycles. The molecule has 0 radical (unpaired) electrons. The van der Waals surface area contributed by atoms with Crippen LogP contribution in [0, 0.1) is 35.0 Å². The smallest absolute Gasteiger partial charge is 0.245 e. The quantitative estimate of drug-likeness (QED) is 0.196. The van der Waals surface area contributed by atoms with Crippen LogP contribution in [-0.2, 0) is 11.2 Å². The molecule has 7 nitrogen and oxygen atoms in total. The fourth-order valence-electron chi connectivity index (χ4n) is 4.56. The van der Waals surface area contributed by atoms with Crippen LogP contribution < -0.4 is 10.5 Å². The third-order valence-electron chi connectivity index (χ3n) is 6.39. The molecular formula is C27H24F5N5O2. The van der Waals surface area contributed by atoms with Gasteiger partial charge >= 0.3 is 0 Å². The molecule has 1 atom stereocenters. The van der Waals surface area contributed by atoms with E-state index in [2.05, 4.69) is 21.5 Å². The number of likely N-dealkylation sites (tertiary alicyclic amines) is 1. The normalized spacial score (nSPS) is 15.8. The number of amides is 1. The Hall–Kier alpha value is -4.35. The van der Waals surface area contributed by atoms with E-state index in [0.717, 1.165) is 25.0 Å². The summed E-state index contributed by atoms with van der Waals surface area (Å²) in [4.78, 5) is 26.4. The lowest BCUT2D eigenvalue weighted by Crippen LogP contribution is -2.39. The number of halogens is 5. The predicted molar refractivity (Wildman–Crippen MR) is 134 cm³/mol. The molecule has 1 fully saturated rings. The van der Waals surface area contributed by atoms with Gasteiger partial charge in [-0.1, -0.05) is 6.58 Å². The summed E-state index contributed by atoms with van der Waals surface area (Å²) in [5.74, 6) is -9.59. The van der Waals surface area contributed by atoms with Crippen LogP contribution in [-0.4, -0.2) is 46.6 Å². The first-order valence-electron chi connectivity index (χ1n) is 11.9. The van der Waals surface area contributed by atoms with Crippen molar-refractivity contribution in [2.45, 2.75) is 19.3 Å². The van der Waals surface area contributed by atoms with Crippen molar-refractivity contribution in [3.8, 4) is 11.5 Å². The Morgan fingerprint density at radius 1 is 1.15 bits per heavy atom. The molecule has 39 heavy (non-hydrogen) atoms. The highest BCUT2D eigenvalue weighted by Crippen LogP contribution is 2.33. The molecule has 3 aromatic rings. The Morgan fingerprint density at radius 3 is 2.51 bits per heavy atom. The van der Waals surface area contributed by atoms with Gasteiger partial charge in [0.25, 0.3) is 0 Å². The molecule has 0 saturated carbocycles. The average Bonchev–Trinajstić information content (AvgIpc) is 2.92. The van der Waals surface area contributed by atoms with Crippen LogP contribution in [0.1, 0.15) is 29.7 Å². The molecule has 2 aromatic carbocycles. The van der Waals surface area contributed by atoms with E-state index < -0.39 is 40.6 Å². The number of hydrogen-bond donors (Lipinski definition) is 1. The molecule has 2 N–H and O–H groups in total. The minimum atomic E-state index is -1.76. The number of carbonyl (C=O) groups is 1. The minimum absolute atomic E-state index is 0.0390. The van der Waals surface area contributed by atoms with E-state index in [9.17, 15) is 22.4 Å². The zero-order valence-electron chi connectivity index (χ0n) is 20.9. The maximum absolute atomic E-state index is 15.3. The van der Waals surface area contributed by atoms with E-state index in [0.29, 0.717) is 30.8 Å². The lowest BCUT2D eigenvalue weighted by molar-refractivity contribution is -0.127. The summed E-state index contributed by atoms with van der Waals surface area (Å²) in [6, 6.07) is 3.21. The molecule has 1 unspecified atom stereocenters. The van der Waals surface area contributed by atoms with Gasteiger partial charge in [0, 0.05) is 37.8 Å². The highest BCUT2D eigenvalue weighted by Gasteiger charge is 2.27. The zero-order valence-corrected chi connectivity index (χ0v) is 20.9. The topological polar surface area (TPSA) is 93.7 Å². The second-order valence-electron chi connectivity index (χ2n) is 8.89. The molecule has 4 rings (SSSR count). The number of hydrogen-bond acceptors (Lipinski definition) is 6. The van der Waals surface area contributed by atoms with Crippen molar-refractivity contribution in [3.05, 3.63) is 89.2 Å². The number of ether oxygens (including phenoxy) is 1. The number of aromatic nitrogens is 2. The Bertz CT molecular complexity index is 1440. The van der Waals surface area contributed by atoms with Gasteiger partial charge in [0.15, 0.2) is 11.6 Å². The summed E-state index contributed by atoms with van der Waals surface area (Å²) in [5, 5.41) is 0. The summed E-state index contributed by atoms with van der Waals surface area (Å²) < 4.78 is 75.3. The first-order chi connectivity index (χ1) is 18.6. The Morgan fingerprint density at radius 2 is 1.87 bits per heavy atom. The zero-order chi connectivity index (χ0) is 28.3. The van der Waals surface area contributed by atoms with E-state index >= 15 is 4.39 Å². The summed E-state index contributed by atoms with van der Waals surface area (Å²) >= 11 is 0. The van der Waals surface area contributed by atoms with Crippen LogP contribution >= 0.6 is 0 Å². The average molecular weight is 546 g/mol. The molecule has 1 amide bonds. The van der Waals surface area contributed by atoms with E-state index in [1.807, 2.05) is 0 Å². The highest BCUT2D eigenvalue weighted by atomic mass is 19.2. The van der Waals surface area contributed by atoms with Crippen molar-refractivity contribution in [3.63, 3.8) is 0 Å². The molecule has 12 heteroatoms. The number of aliphatic imine (C=N–C) groups is 1. The summed E-state index contributed by atoms with van der Waals surface area (Å²) in [6.45, 7) is 4.64. The monoisotopic (exact) mass is 545 g/mol. The van der Waals surface area contributed by atoms with Gasteiger partial charge in [-0.2, -0.15) is 8.78 Å². The Balaban J connectivity index is 1.64. The van der Waals surface area contributed by atoms with Crippen LogP contribution in [0.5, 0.6) is 11.5 Å². The van der Waals surface area contributed by atoms with Gasteiger partial charge in [-0.15, -0.1) is 0 Å². The summed E-state index contributed by atoms with van der Waals surface area (Å²) in [6.07, 6.45) is 4.58. The number of piperidine rings is 1. The number of rotatable bonds is 7. The fraction of sp³-hybridized carbons (Fsp3) is 0.259. The lowest BCUT2D eigenvalue weighted by atomic mass is 9.90. The van der Waals surface area contributed by atoms with Crippen molar-refractivity contribution in [1.82, 2.24) is 14.9 Å². The summed E-state index contributed by atoms with van der Waals surface area (Å²) in [7, 11) is 1.42. The van der Waals surface area contributed by atoms with Gasteiger partial charge in [-0.3, -0.25) is 9.79 Å². The van der Waals surface area contributed by atoms with Gasteiger partial charge in [-0.05, 0) is 43.4 Å². The van der Waals surface area contributed by atoms with Crippen molar-refractivity contribution >= 4 is 17.4 Å². The predicted octanol–water partition coefficient (Wildman–Crippen LogP) is 4.98. The van der Waals surface area contributed by atoms with Crippen LogP contribution in [0.3, 0.4) is 0 Å². The van der Waals surface area contributed by atoms with Crippen LogP contribution in [0.4, 0.5) is 27.8 Å². The van der Waals surface area contributed by atoms with Crippen molar-refractivity contribution in [2.75, 3.05) is 25.9 Å². The van der Waals surface area contributed by atoms with Gasteiger partial charge < -0.3 is 15.4 Å². The number of carbonyl (C=O) groups excluding carboxylic acids is 1. The molecular weight excluding hydrogens is 521 g/mol. The van der Waals surface area contributed by atoms with E-state index in [1.165, 1.54) is 25.5 Å². The second-order valence-corrected chi connectivity index (χ2v) is 8.89. The maximum atomic E-state index is 15.3. The van der Waals surface area contributed by atoms with Gasteiger partial charge in [0.05, 0.1) is 17.0 Å². The number of benzene rings is 2. The minimum Gasteiger partial charge on any atom is -0.451 e. The second kappa shape index (κ2) is 11.6. The maximum Gasteiger partial charge on any atom is 0.245 e. The molecule has 0 spiro atoms. The fourth-order valence-corrected chi connectivity index (χ4v) is 4.56. The molecule has 1 aliphatic heterocycles. The van der Waals surface area contributed by atoms with E-state index in [1.54, 1.807) is 4.90 Å². The molecule has 1 aliphatic rings. The Kier molecular flexibility index (Phi) is 8.22. The van der Waals surface area contributed by atoms with Gasteiger partial charge in [0.2, 0.25) is 23.3 Å². The number of anilines is 1. The lowest BCUT2D eigenvalue weighted by Gasteiger charge is -2.32. The molecule has 1 saturated heterocycles. The van der Waals surface area contributed by atoms with E-state index in [-0.39, 0.29) is 35.0 Å². The molecule has 204 valence electrons. The molecule has 0 bridgehead atoms. The van der Waals surface area contributed by atoms with Crippen LogP contribution in [0.15, 0.2) is 48.2 Å². The highest BCUT2D eigenvalue weighted by molar-refractivity contribution is 6.16. The molecule has 1 aromatic heterocycles. The first kappa shape index (κ1) is 27.7. The van der Waals surface area contributed by atoms with Gasteiger partial charge in [0.1, 0.15) is 23.7 Å². The third kappa shape index (κ3) is 5.74. The van der Waals surface area contributed by atoms with Crippen LogP contribution in [0.2, 0.25) is 0 Å². The summed E-state index contributed by atoms with van der Waals surface area (Å²) in [5.41, 5.74) is 7.02. The van der Waals surface area contributed by atoms with Crippen molar-refractivity contribution < 1.29 is 31.5 Å². The van der Waals surface area contributed by atoms with Gasteiger partial charge in [-0.25, -0.2) is 23.1 Å². The molecule has 0 aliphatic carbocycles. The van der Waals surface area contributed by atoms with Crippen LogP contribution in [0.25, 0.3) is 0 Å². The van der Waals surface area contributed by atoms with Crippen molar-refractivity contribution in [2.24, 2.45) is 10.9 Å². The number of nitrogens with two attached hydrogens (primary N) is 1. The van der Waals surface area contributed by atoms with E-state index in [4.69, 9.17) is 10.5 Å². The van der Waals surface area contributed by atoms with Crippen molar-refractivity contribution in [1.29, 1.82) is 0 Å². The largest absolute Gasteiger partial charge is 0.451 e. The third-order valence-corrected chi connectivity index (χ3v) is 6.39.